The van der Waals surface area contributed by atoms with Crippen LogP contribution in [0.25, 0.3) is 0 Å². The molecule has 76 valence electrons. The summed E-state index contributed by atoms with van der Waals surface area (Å²) in [5.41, 5.74) is 1.60. The van der Waals surface area contributed by atoms with E-state index in [4.69, 9.17) is 0 Å². The average Bonchev–Trinajstić information content (AvgIpc) is 2.17. The number of hydrogen-bond acceptors (Lipinski definition) is 3. The smallest absolute Gasteiger partial charge is 0.337 e. The number of esters is 1. The van der Waals surface area contributed by atoms with Crippen molar-refractivity contribution in [3.63, 3.8) is 0 Å². The molecule has 0 spiro atoms. The molecular formula is C10H12INO2. The highest BCUT2D eigenvalue weighted by Crippen LogP contribution is 2.22. The van der Waals surface area contributed by atoms with Crippen LogP contribution in [-0.2, 0) is 4.74 Å². The highest BCUT2D eigenvalue weighted by Gasteiger charge is 2.09. The van der Waals surface area contributed by atoms with Crippen LogP contribution in [0.2, 0.25) is 0 Å². The molecule has 0 unspecified atom stereocenters. The van der Waals surface area contributed by atoms with Crippen molar-refractivity contribution in [3.05, 3.63) is 27.3 Å². The quantitative estimate of drug-likeness (QED) is 0.619. The molecule has 3 nitrogen and oxygen atoms in total. The van der Waals surface area contributed by atoms with Gasteiger partial charge in [-0.25, -0.2) is 4.79 Å². The Kier molecular flexibility index (Phi) is 3.74. The van der Waals surface area contributed by atoms with Gasteiger partial charge in [-0.2, -0.15) is 0 Å². The van der Waals surface area contributed by atoms with Gasteiger partial charge < -0.3 is 9.64 Å². The van der Waals surface area contributed by atoms with E-state index >= 15 is 0 Å². The third-order valence-corrected chi connectivity index (χ3v) is 2.76. The second-order valence-electron chi connectivity index (χ2n) is 3.05. The summed E-state index contributed by atoms with van der Waals surface area (Å²) in [6.07, 6.45) is 0. The summed E-state index contributed by atoms with van der Waals surface area (Å²) in [7, 11) is 5.27. The third kappa shape index (κ3) is 2.37. The summed E-state index contributed by atoms with van der Waals surface area (Å²) in [5.74, 6) is -0.301. The number of hydrogen-bond donors (Lipinski definition) is 0. The molecule has 1 aromatic rings. The van der Waals surface area contributed by atoms with E-state index in [2.05, 4.69) is 27.3 Å². The minimum absolute atomic E-state index is 0.301. The van der Waals surface area contributed by atoms with Crippen molar-refractivity contribution in [2.75, 3.05) is 26.1 Å². The number of rotatable bonds is 2. The van der Waals surface area contributed by atoms with Crippen LogP contribution in [0, 0.1) is 3.57 Å². The predicted molar refractivity (Wildman–Crippen MR) is 64.8 cm³/mol. The molecule has 0 aliphatic heterocycles. The lowest BCUT2D eigenvalue weighted by Crippen LogP contribution is -2.12. The normalized spacial score (nSPS) is 9.71. The van der Waals surface area contributed by atoms with Gasteiger partial charge >= 0.3 is 5.97 Å². The number of ether oxygens (including phenoxy) is 1. The first-order valence-corrected chi connectivity index (χ1v) is 5.19. The van der Waals surface area contributed by atoms with Crippen molar-refractivity contribution in [2.45, 2.75) is 0 Å². The van der Waals surface area contributed by atoms with Crippen LogP contribution in [-0.4, -0.2) is 27.2 Å². The summed E-state index contributed by atoms with van der Waals surface area (Å²) < 4.78 is 5.76. The molecule has 0 aliphatic carbocycles. The van der Waals surface area contributed by atoms with E-state index in [9.17, 15) is 4.79 Å². The number of methoxy groups -OCH3 is 1. The lowest BCUT2D eigenvalue weighted by molar-refractivity contribution is 0.0601. The molecule has 0 saturated carbocycles. The molecule has 1 rings (SSSR count). The van der Waals surface area contributed by atoms with Crippen LogP contribution in [0.15, 0.2) is 18.2 Å². The molecule has 0 fully saturated rings. The molecule has 0 bridgehead atoms. The van der Waals surface area contributed by atoms with Crippen molar-refractivity contribution in [1.82, 2.24) is 0 Å². The Hall–Kier alpha value is -0.780. The first kappa shape index (κ1) is 11.3. The molecular weight excluding hydrogens is 293 g/mol. The SMILES string of the molecule is COC(=O)c1ccc(I)c(N(C)C)c1. The maximum atomic E-state index is 11.3. The Morgan fingerprint density at radius 1 is 1.43 bits per heavy atom. The van der Waals surface area contributed by atoms with Gasteiger partial charge in [-0.1, -0.05) is 0 Å². The summed E-state index contributed by atoms with van der Waals surface area (Å²) in [4.78, 5) is 13.2. The van der Waals surface area contributed by atoms with Crippen molar-refractivity contribution >= 4 is 34.2 Å². The molecule has 4 heteroatoms. The van der Waals surface area contributed by atoms with Crippen molar-refractivity contribution < 1.29 is 9.53 Å². The molecule has 0 aliphatic rings. The van der Waals surface area contributed by atoms with E-state index in [1.807, 2.05) is 31.1 Å². The molecule has 0 N–H and O–H groups in total. The third-order valence-electron chi connectivity index (χ3n) is 1.85. The van der Waals surface area contributed by atoms with Crippen molar-refractivity contribution in [1.29, 1.82) is 0 Å². The predicted octanol–water partition coefficient (Wildman–Crippen LogP) is 2.14. The van der Waals surface area contributed by atoms with Gasteiger partial charge in [0.05, 0.1) is 18.4 Å². The van der Waals surface area contributed by atoms with Crippen LogP contribution in [0.5, 0.6) is 0 Å². The number of halogens is 1. The zero-order valence-corrected chi connectivity index (χ0v) is 10.5. The minimum atomic E-state index is -0.301. The number of nitrogens with zero attached hydrogens (tertiary/aromatic N) is 1. The molecule has 1 aromatic carbocycles. The molecule has 14 heavy (non-hydrogen) atoms. The van der Waals surface area contributed by atoms with Crippen LogP contribution in [0.3, 0.4) is 0 Å². The van der Waals surface area contributed by atoms with Gasteiger partial charge in [-0.3, -0.25) is 0 Å². The second-order valence-corrected chi connectivity index (χ2v) is 4.21. The first-order chi connectivity index (χ1) is 6.56. The standard InChI is InChI=1S/C10H12INO2/c1-12(2)9-6-7(10(13)14-3)4-5-8(9)11/h4-6H,1-3H3. The highest BCUT2D eigenvalue weighted by molar-refractivity contribution is 14.1. The number of carbonyl (C=O) groups excluding carboxylic acids is 1. The Bertz CT molecular complexity index is 350. The summed E-state index contributed by atoms with van der Waals surface area (Å²) >= 11 is 2.23. The fourth-order valence-electron chi connectivity index (χ4n) is 1.10. The summed E-state index contributed by atoms with van der Waals surface area (Å²) in [5, 5.41) is 0. The minimum Gasteiger partial charge on any atom is -0.465 e. The average molecular weight is 305 g/mol. The Labute approximate surface area is 97.2 Å². The van der Waals surface area contributed by atoms with Crippen molar-refractivity contribution in [3.8, 4) is 0 Å². The fraction of sp³-hybridized carbons (Fsp3) is 0.300. The largest absolute Gasteiger partial charge is 0.465 e. The van der Waals surface area contributed by atoms with Crippen LogP contribution < -0.4 is 4.90 Å². The van der Waals surface area contributed by atoms with Gasteiger partial charge in [0.25, 0.3) is 0 Å². The lowest BCUT2D eigenvalue weighted by Gasteiger charge is -2.15. The lowest BCUT2D eigenvalue weighted by atomic mass is 10.2. The van der Waals surface area contributed by atoms with E-state index in [1.165, 1.54) is 7.11 Å². The second kappa shape index (κ2) is 4.63. The first-order valence-electron chi connectivity index (χ1n) is 4.11. The van der Waals surface area contributed by atoms with E-state index in [0.717, 1.165) is 9.26 Å². The van der Waals surface area contributed by atoms with Gasteiger partial charge in [0, 0.05) is 17.7 Å². The Balaban J connectivity index is 3.13. The zero-order valence-electron chi connectivity index (χ0n) is 8.37. The van der Waals surface area contributed by atoms with Gasteiger partial charge in [0.15, 0.2) is 0 Å². The molecule has 0 saturated heterocycles. The zero-order chi connectivity index (χ0) is 10.7. The molecule has 0 aromatic heterocycles. The molecule has 0 amide bonds. The molecule has 0 heterocycles. The van der Waals surface area contributed by atoms with Gasteiger partial charge in [0.1, 0.15) is 0 Å². The van der Waals surface area contributed by atoms with E-state index in [0.29, 0.717) is 5.56 Å². The van der Waals surface area contributed by atoms with Crippen LogP contribution in [0.1, 0.15) is 10.4 Å². The van der Waals surface area contributed by atoms with Gasteiger partial charge in [-0.15, -0.1) is 0 Å². The van der Waals surface area contributed by atoms with Crippen LogP contribution in [0.4, 0.5) is 5.69 Å². The fourth-order valence-corrected chi connectivity index (χ4v) is 1.92. The molecule has 0 atom stereocenters. The highest BCUT2D eigenvalue weighted by atomic mass is 127. The number of benzene rings is 1. The summed E-state index contributed by atoms with van der Waals surface area (Å²) in [6, 6.07) is 5.50. The van der Waals surface area contributed by atoms with E-state index in [-0.39, 0.29) is 5.97 Å². The van der Waals surface area contributed by atoms with E-state index in [1.54, 1.807) is 6.07 Å². The van der Waals surface area contributed by atoms with E-state index < -0.39 is 0 Å². The number of anilines is 1. The van der Waals surface area contributed by atoms with Crippen molar-refractivity contribution in [2.24, 2.45) is 0 Å². The molecule has 0 radical (unpaired) electrons. The summed E-state index contributed by atoms with van der Waals surface area (Å²) in [6.45, 7) is 0. The maximum Gasteiger partial charge on any atom is 0.337 e. The van der Waals surface area contributed by atoms with Gasteiger partial charge in [0.2, 0.25) is 0 Å². The monoisotopic (exact) mass is 305 g/mol. The van der Waals surface area contributed by atoms with Gasteiger partial charge in [-0.05, 0) is 40.8 Å². The topological polar surface area (TPSA) is 29.5 Å². The number of carbonyl (C=O) groups is 1. The Morgan fingerprint density at radius 2 is 2.07 bits per heavy atom. The Morgan fingerprint density at radius 3 is 2.57 bits per heavy atom. The van der Waals surface area contributed by atoms with Crippen LogP contribution >= 0.6 is 22.6 Å². The maximum absolute atomic E-state index is 11.3.